The van der Waals surface area contributed by atoms with Gasteiger partial charge in [0.25, 0.3) is 5.91 Å². The minimum Gasteiger partial charge on any atom is -0.496 e. The Morgan fingerprint density at radius 1 is 1.00 bits per heavy atom. The van der Waals surface area contributed by atoms with Crippen molar-refractivity contribution in [3.63, 3.8) is 0 Å². The molecule has 1 heterocycles. The average molecular weight is 444 g/mol. The predicted molar refractivity (Wildman–Crippen MR) is 133 cm³/mol. The lowest BCUT2D eigenvalue weighted by molar-refractivity contribution is -0.113. The van der Waals surface area contributed by atoms with Crippen LogP contribution in [0.5, 0.6) is 5.75 Å². The molecule has 0 saturated carbocycles. The summed E-state index contributed by atoms with van der Waals surface area (Å²) in [6, 6.07) is 23.0. The van der Waals surface area contributed by atoms with Gasteiger partial charge in [0.05, 0.1) is 24.4 Å². The molecule has 4 rings (SSSR count). The Morgan fingerprint density at radius 2 is 1.72 bits per heavy atom. The van der Waals surface area contributed by atoms with Gasteiger partial charge in [-0.05, 0) is 61.0 Å². The van der Waals surface area contributed by atoms with E-state index in [4.69, 9.17) is 17.0 Å². The zero-order valence-corrected chi connectivity index (χ0v) is 19.0. The van der Waals surface area contributed by atoms with E-state index >= 15 is 0 Å². The number of methoxy groups -OCH3 is 1. The first-order chi connectivity index (χ1) is 15.5. The van der Waals surface area contributed by atoms with E-state index in [1.807, 2.05) is 86.6 Å². The van der Waals surface area contributed by atoms with E-state index in [1.54, 1.807) is 7.11 Å². The van der Waals surface area contributed by atoms with Crippen LogP contribution >= 0.6 is 12.2 Å². The molecule has 0 spiro atoms. The van der Waals surface area contributed by atoms with E-state index in [9.17, 15) is 4.79 Å². The van der Waals surface area contributed by atoms with E-state index in [2.05, 4.69) is 16.0 Å². The largest absolute Gasteiger partial charge is 0.496 e. The van der Waals surface area contributed by atoms with E-state index < -0.39 is 6.04 Å². The van der Waals surface area contributed by atoms with Gasteiger partial charge >= 0.3 is 0 Å². The average Bonchev–Trinajstić information content (AvgIpc) is 2.81. The van der Waals surface area contributed by atoms with Crippen molar-refractivity contribution in [2.75, 3.05) is 12.4 Å². The molecule has 32 heavy (non-hydrogen) atoms. The smallest absolute Gasteiger partial charge is 0.256 e. The number of thiocarbonyl (C=S) groups is 1. The number of aryl methyl sites for hydroxylation is 2. The Kier molecular flexibility index (Phi) is 6.23. The van der Waals surface area contributed by atoms with Gasteiger partial charge in [-0.3, -0.25) is 4.79 Å². The predicted octanol–water partition coefficient (Wildman–Crippen LogP) is 4.88. The molecule has 1 unspecified atom stereocenters. The number of rotatable bonds is 5. The molecule has 3 aromatic rings. The maximum absolute atomic E-state index is 13.6. The lowest BCUT2D eigenvalue weighted by Gasteiger charge is -2.32. The summed E-state index contributed by atoms with van der Waals surface area (Å²) in [4.78, 5) is 13.6. The van der Waals surface area contributed by atoms with Gasteiger partial charge in [-0.15, -0.1) is 0 Å². The fourth-order valence-electron chi connectivity index (χ4n) is 3.74. The molecule has 1 atom stereocenters. The first kappa shape index (κ1) is 21.6. The lowest BCUT2D eigenvalue weighted by atomic mass is 9.91. The second-order valence-corrected chi connectivity index (χ2v) is 8.14. The van der Waals surface area contributed by atoms with Gasteiger partial charge in [-0.2, -0.15) is 0 Å². The highest BCUT2D eigenvalue weighted by atomic mass is 32.1. The summed E-state index contributed by atoms with van der Waals surface area (Å²) in [5.74, 6) is 0.549. The highest BCUT2D eigenvalue weighted by molar-refractivity contribution is 7.80. The molecule has 0 radical (unpaired) electrons. The SMILES string of the molecule is COc1cc(C2NC(=S)NC(c3ccccc3)=C2C(=O)Nc2ccc(C)cc2)ccc1C. The Labute approximate surface area is 193 Å². The van der Waals surface area contributed by atoms with Crippen LogP contribution in [-0.2, 0) is 4.79 Å². The minimum atomic E-state index is -0.445. The van der Waals surface area contributed by atoms with Crippen LogP contribution in [0.25, 0.3) is 5.70 Å². The number of carbonyl (C=O) groups excluding carboxylic acids is 1. The topological polar surface area (TPSA) is 62.4 Å². The maximum atomic E-state index is 13.6. The molecule has 0 aliphatic carbocycles. The van der Waals surface area contributed by atoms with Gasteiger partial charge < -0.3 is 20.7 Å². The fourth-order valence-corrected chi connectivity index (χ4v) is 3.96. The highest BCUT2D eigenvalue weighted by Crippen LogP contribution is 2.34. The Morgan fingerprint density at radius 3 is 2.41 bits per heavy atom. The summed E-state index contributed by atoms with van der Waals surface area (Å²) in [5.41, 5.74) is 5.88. The van der Waals surface area contributed by atoms with Crippen molar-refractivity contribution in [3.8, 4) is 5.75 Å². The van der Waals surface area contributed by atoms with Crippen molar-refractivity contribution in [3.05, 3.63) is 101 Å². The van der Waals surface area contributed by atoms with Crippen LogP contribution in [0.2, 0.25) is 0 Å². The first-order valence-corrected chi connectivity index (χ1v) is 10.8. The second kappa shape index (κ2) is 9.24. The van der Waals surface area contributed by atoms with Gasteiger partial charge in [0, 0.05) is 5.69 Å². The van der Waals surface area contributed by atoms with Crippen molar-refractivity contribution >= 4 is 34.6 Å². The molecule has 0 bridgehead atoms. The van der Waals surface area contributed by atoms with Gasteiger partial charge in [0.15, 0.2) is 5.11 Å². The van der Waals surface area contributed by atoms with Crippen LogP contribution in [0, 0.1) is 13.8 Å². The minimum absolute atomic E-state index is 0.209. The second-order valence-electron chi connectivity index (χ2n) is 7.74. The van der Waals surface area contributed by atoms with Gasteiger partial charge in [0.2, 0.25) is 0 Å². The summed E-state index contributed by atoms with van der Waals surface area (Å²) in [5, 5.41) is 9.98. The summed E-state index contributed by atoms with van der Waals surface area (Å²) >= 11 is 5.51. The maximum Gasteiger partial charge on any atom is 0.256 e. The van der Waals surface area contributed by atoms with E-state index in [1.165, 1.54) is 0 Å². The molecule has 1 aliphatic rings. The summed E-state index contributed by atoms with van der Waals surface area (Å²) in [7, 11) is 1.64. The molecule has 1 amide bonds. The fraction of sp³-hybridized carbons (Fsp3) is 0.154. The van der Waals surface area contributed by atoms with Gasteiger partial charge in [-0.1, -0.05) is 60.2 Å². The molecule has 1 aliphatic heterocycles. The lowest BCUT2D eigenvalue weighted by Crippen LogP contribution is -2.45. The summed E-state index contributed by atoms with van der Waals surface area (Å²) in [6.07, 6.45) is 0. The molecule has 0 saturated heterocycles. The van der Waals surface area contributed by atoms with Crippen LogP contribution in [-0.4, -0.2) is 18.1 Å². The number of carbonyl (C=O) groups is 1. The van der Waals surface area contributed by atoms with Crippen LogP contribution in [0.1, 0.15) is 28.3 Å². The molecule has 6 heteroatoms. The highest BCUT2D eigenvalue weighted by Gasteiger charge is 2.32. The van der Waals surface area contributed by atoms with E-state index in [0.717, 1.165) is 33.7 Å². The zero-order chi connectivity index (χ0) is 22.7. The summed E-state index contributed by atoms with van der Waals surface area (Å²) in [6.45, 7) is 4.00. The molecule has 0 fully saturated rings. The van der Waals surface area contributed by atoms with Crippen LogP contribution in [0.15, 0.2) is 78.4 Å². The van der Waals surface area contributed by atoms with Crippen molar-refractivity contribution in [1.82, 2.24) is 10.6 Å². The van der Waals surface area contributed by atoms with Crippen LogP contribution in [0.3, 0.4) is 0 Å². The Bertz CT molecular complexity index is 1190. The van der Waals surface area contributed by atoms with E-state index in [-0.39, 0.29) is 5.91 Å². The third-order valence-corrected chi connectivity index (χ3v) is 5.67. The molecular weight excluding hydrogens is 418 g/mol. The Hall–Kier alpha value is -3.64. The van der Waals surface area contributed by atoms with Crippen molar-refractivity contribution < 1.29 is 9.53 Å². The Balaban J connectivity index is 1.84. The van der Waals surface area contributed by atoms with E-state index in [0.29, 0.717) is 16.4 Å². The van der Waals surface area contributed by atoms with Gasteiger partial charge in [0.1, 0.15) is 5.75 Å². The number of amides is 1. The van der Waals surface area contributed by atoms with Crippen molar-refractivity contribution in [2.45, 2.75) is 19.9 Å². The standard InChI is InChI=1S/C26H25N3O2S/c1-16-9-13-20(14-10-16)27-25(30)22-23(18-7-5-4-6-8-18)28-26(32)29-24(22)19-12-11-17(2)21(15-19)31-3/h4-15,24H,1-3H3,(H,27,30)(H2,28,29,32). The number of nitrogens with one attached hydrogen (secondary N) is 3. The van der Waals surface area contributed by atoms with Gasteiger partial charge in [-0.25, -0.2) is 0 Å². The number of anilines is 1. The third-order valence-electron chi connectivity index (χ3n) is 5.45. The quantitative estimate of drug-likeness (QED) is 0.491. The molecular formula is C26H25N3O2S. The molecule has 3 N–H and O–H groups in total. The van der Waals surface area contributed by atoms with Crippen LogP contribution < -0.4 is 20.7 Å². The number of benzene rings is 3. The number of hydrogen-bond donors (Lipinski definition) is 3. The first-order valence-electron chi connectivity index (χ1n) is 10.4. The molecule has 3 aromatic carbocycles. The molecule has 0 aromatic heterocycles. The summed E-state index contributed by atoms with van der Waals surface area (Å²) < 4.78 is 5.52. The number of hydrogen-bond acceptors (Lipinski definition) is 3. The van der Waals surface area contributed by atoms with Crippen molar-refractivity contribution in [2.24, 2.45) is 0 Å². The third kappa shape index (κ3) is 4.50. The van der Waals surface area contributed by atoms with Crippen molar-refractivity contribution in [1.29, 1.82) is 0 Å². The normalized spacial score (nSPS) is 15.6. The monoisotopic (exact) mass is 443 g/mol. The molecule has 5 nitrogen and oxygen atoms in total. The molecule has 162 valence electrons. The zero-order valence-electron chi connectivity index (χ0n) is 18.2. The number of ether oxygens (including phenoxy) is 1. The van der Waals surface area contributed by atoms with Crippen LogP contribution in [0.4, 0.5) is 5.69 Å².